The lowest BCUT2D eigenvalue weighted by molar-refractivity contribution is -0.128. The van der Waals surface area contributed by atoms with Crippen LogP contribution in [0.15, 0.2) is 0 Å². The lowest BCUT2D eigenvalue weighted by Gasteiger charge is -2.18. The van der Waals surface area contributed by atoms with Crippen LogP contribution in [0, 0.1) is 0 Å². The molecule has 1 heterocycles. The Morgan fingerprint density at radius 1 is 1.83 bits per heavy atom. The second kappa shape index (κ2) is 4.10. The van der Waals surface area contributed by atoms with Crippen LogP contribution in [0.4, 0.5) is 0 Å². The molecule has 1 rings (SSSR count). The fourth-order valence-corrected chi connectivity index (χ4v) is 1.58. The van der Waals surface area contributed by atoms with Crippen LogP contribution in [-0.2, 0) is 4.79 Å². The third-order valence-electron chi connectivity index (χ3n) is 2.07. The minimum atomic E-state index is -0.407. The van der Waals surface area contributed by atoms with Crippen LogP contribution in [0.25, 0.3) is 0 Å². The van der Waals surface area contributed by atoms with Crippen molar-refractivity contribution in [3.8, 4) is 0 Å². The van der Waals surface area contributed by atoms with E-state index in [9.17, 15) is 9.90 Å². The van der Waals surface area contributed by atoms with Gasteiger partial charge in [-0.1, -0.05) is 6.92 Å². The fourth-order valence-electron chi connectivity index (χ4n) is 1.28. The van der Waals surface area contributed by atoms with Crippen LogP contribution in [0.1, 0.15) is 19.8 Å². The molecule has 12 heavy (non-hydrogen) atoms. The number of carbonyl (C=O) groups excluding carboxylic acids is 1. The van der Waals surface area contributed by atoms with Crippen LogP contribution < -0.4 is 0 Å². The Balaban J connectivity index is 2.37. The van der Waals surface area contributed by atoms with Crippen molar-refractivity contribution in [3.63, 3.8) is 0 Å². The van der Waals surface area contributed by atoms with Crippen LogP contribution in [0.2, 0.25) is 0 Å². The maximum atomic E-state index is 11.2. The number of halogens is 1. The van der Waals surface area contributed by atoms with Gasteiger partial charge in [-0.05, 0) is 6.42 Å². The lowest BCUT2D eigenvalue weighted by atomic mass is 10.2. The zero-order chi connectivity index (χ0) is 9.14. The Morgan fingerprint density at radius 2 is 2.50 bits per heavy atom. The summed E-state index contributed by atoms with van der Waals surface area (Å²) in [5.74, 6) is 0.0579. The first-order valence-electron chi connectivity index (χ1n) is 4.23. The van der Waals surface area contributed by atoms with E-state index >= 15 is 0 Å². The van der Waals surface area contributed by atoms with E-state index in [0.717, 1.165) is 0 Å². The fraction of sp³-hybridized carbons (Fsp3) is 0.875. The van der Waals surface area contributed by atoms with Crippen molar-refractivity contribution in [2.45, 2.75) is 31.2 Å². The van der Waals surface area contributed by atoms with Crippen molar-refractivity contribution in [2.75, 3.05) is 13.1 Å². The van der Waals surface area contributed by atoms with Gasteiger partial charge in [0, 0.05) is 19.5 Å². The van der Waals surface area contributed by atoms with E-state index in [1.54, 1.807) is 4.90 Å². The van der Waals surface area contributed by atoms with Gasteiger partial charge >= 0.3 is 0 Å². The molecule has 0 spiro atoms. The molecule has 2 unspecified atom stereocenters. The van der Waals surface area contributed by atoms with E-state index < -0.39 is 6.10 Å². The number of nitrogens with zero attached hydrogens (tertiary/aromatic N) is 1. The number of carbonyl (C=O) groups is 1. The average molecular weight is 192 g/mol. The Morgan fingerprint density at radius 3 is 2.92 bits per heavy atom. The summed E-state index contributed by atoms with van der Waals surface area (Å²) in [6, 6.07) is 0. The van der Waals surface area contributed by atoms with Gasteiger partial charge in [0.15, 0.2) is 0 Å². The first-order valence-corrected chi connectivity index (χ1v) is 4.67. The van der Waals surface area contributed by atoms with Crippen LogP contribution in [0.5, 0.6) is 0 Å². The number of aliphatic hydroxyl groups excluding tert-OH is 1. The van der Waals surface area contributed by atoms with Crippen molar-refractivity contribution in [1.82, 2.24) is 4.90 Å². The molecule has 2 atom stereocenters. The molecule has 0 radical (unpaired) electrons. The minimum Gasteiger partial charge on any atom is -0.391 e. The van der Waals surface area contributed by atoms with E-state index in [1.807, 2.05) is 6.92 Å². The number of aliphatic hydroxyl groups is 1. The number of β-amino-alcohol motifs (C(OH)–C–C–N with tert-alkyl or cyclic N) is 1. The molecule has 0 aromatic heterocycles. The van der Waals surface area contributed by atoms with Gasteiger partial charge in [0.2, 0.25) is 5.91 Å². The molecule has 1 fully saturated rings. The molecule has 0 aromatic rings. The van der Waals surface area contributed by atoms with Crippen LogP contribution in [-0.4, -0.2) is 40.5 Å². The van der Waals surface area contributed by atoms with Gasteiger partial charge in [0.25, 0.3) is 0 Å². The number of likely N-dealkylation sites (tertiary alicyclic amines) is 1. The largest absolute Gasteiger partial charge is 0.391 e. The smallest absolute Gasteiger partial charge is 0.224 e. The van der Waals surface area contributed by atoms with Crippen LogP contribution in [0.3, 0.4) is 0 Å². The van der Waals surface area contributed by atoms with Gasteiger partial charge in [-0.15, -0.1) is 11.6 Å². The predicted octanol–water partition coefficient (Wildman–Crippen LogP) is 0.597. The number of amides is 1. The molecule has 1 saturated heterocycles. The van der Waals surface area contributed by atoms with Gasteiger partial charge in [-0.3, -0.25) is 4.79 Å². The van der Waals surface area contributed by atoms with E-state index in [4.69, 9.17) is 11.6 Å². The monoisotopic (exact) mass is 191 g/mol. The maximum absolute atomic E-state index is 11.2. The SMILES string of the molecule is CCC(O)CN1CC(Cl)CC1=O. The summed E-state index contributed by atoms with van der Waals surface area (Å²) in [5, 5.41) is 9.22. The topological polar surface area (TPSA) is 40.5 Å². The normalized spacial score (nSPS) is 26.4. The number of alkyl halides is 1. The summed E-state index contributed by atoms with van der Waals surface area (Å²) >= 11 is 5.78. The van der Waals surface area contributed by atoms with Gasteiger partial charge < -0.3 is 10.0 Å². The van der Waals surface area contributed by atoms with E-state index in [2.05, 4.69) is 0 Å². The molecule has 70 valence electrons. The highest BCUT2D eigenvalue weighted by Gasteiger charge is 2.28. The zero-order valence-electron chi connectivity index (χ0n) is 7.16. The third kappa shape index (κ3) is 2.35. The molecular weight excluding hydrogens is 178 g/mol. The van der Waals surface area contributed by atoms with E-state index in [1.165, 1.54) is 0 Å². The highest BCUT2D eigenvalue weighted by molar-refractivity contribution is 6.22. The summed E-state index contributed by atoms with van der Waals surface area (Å²) < 4.78 is 0. The number of rotatable bonds is 3. The van der Waals surface area contributed by atoms with Gasteiger partial charge in [0.1, 0.15) is 0 Å². The molecule has 0 aromatic carbocycles. The minimum absolute atomic E-state index is 0.0579. The first-order chi connectivity index (χ1) is 5.63. The Hall–Kier alpha value is -0.280. The van der Waals surface area contributed by atoms with E-state index in [-0.39, 0.29) is 11.3 Å². The number of hydrogen-bond acceptors (Lipinski definition) is 2. The molecule has 1 aliphatic rings. The van der Waals surface area contributed by atoms with Gasteiger partial charge in [-0.2, -0.15) is 0 Å². The first kappa shape index (κ1) is 9.81. The molecule has 0 aliphatic carbocycles. The predicted molar refractivity (Wildman–Crippen MR) is 47.1 cm³/mol. The Kier molecular flexibility index (Phi) is 3.35. The summed E-state index contributed by atoms with van der Waals surface area (Å²) in [5.41, 5.74) is 0. The quantitative estimate of drug-likeness (QED) is 0.664. The second-order valence-corrected chi connectivity index (χ2v) is 3.78. The lowest BCUT2D eigenvalue weighted by Crippen LogP contribution is -2.33. The van der Waals surface area contributed by atoms with Crippen molar-refractivity contribution in [2.24, 2.45) is 0 Å². The summed E-state index contributed by atoms with van der Waals surface area (Å²) in [6.07, 6.45) is 0.685. The molecule has 3 nitrogen and oxygen atoms in total. The highest BCUT2D eigenvalue weighted by Crippen LogP contribution is 2.16. The van der Waals surface area contributed by atoms with Crippen molar-refractivity contribution < 1.29 is 9.90 Å². The summed E-state index contributed by atoms with van der Waals surface area (Å²) in [6.45, 7) is 2.90. The van der Waals surface area contributed by atoms with Gasteiger partial charge in [-0.25, -0.2) is 0 Å². The summed E-state index contributed by atoms with van der Waals surface area (Å²) in [7, 11) is 0. The van der Waals surface area contributed by atoms with E-state index in [0.29, 0.717) is 25.9 Å². The van der Waals surface area contributed by atoms with Crippen molar-refractivity contribution >= 4 is 17.5 Å². The number of hydrogen-bond donors (Lipinski definition) is 1. The molecule has 0 bridgehead atoms. The second-order valence-electron chi connectivity index (χ2n) is 3.16. The zero-order valence-corrected chi connectivity index (χ0v) is 7.92. The molecule has 1 aliphatic heterocycles. The Bertz CT molecular complexity index is 174. The van der Waals surface area contributed by atoms with Crippen LogP contribution >= 0.6 is 11.6 Å². The highest BCUT2D eigenvalue weighted by atomic mass is 35.5. The standard InChI is InChI=1S/C8H14ClNO2/c1-2-7(11)5-10-4-6(9)3-8(10)12/h6-7,11H,2-5H2,1H3. The molecule has 4 heteroatoms. The average Bonchev–Trinajstić information content (AvgIpc) is 2.30. The van der Waals surface area contributed by atoms with Crippen molar-refractivity contribution in [3.05, 3.63) is 0 Å². The molecule has 1 amide bonds. The maximum Gasteiger partial charge on any atom is 0.224 e. The molecule has 0 saturated carbocycles. The third-order valence-corrected chi connectivity index (χ3v) is 2.36. The summed E-state index contributed by atoms with van der Waals surface area (Å²) in [4.78, 5) is 12.8. The Labute approximate surface area is 77.3 Å². The molecule has 1 N–H and O–H groups in total. The van der Waals surface area contributed by atoms with Crippen molar-refractivity contribution in [1.29, 1.82) is 0 Å². The van der Waals surface area contributed by atoms with Gasteiger partial charge in [0.05, 0.1) is 11.5 Å². The molecular formula is C8H14ClNO2.